The van der Waals surface area contributed by atoms with E-state index in [1.165, 1.54) is 11.1 Å². The fourth-order valence-electron chi connectivity index (χ4n) is 2.48. The van der Waals surface area contributed by atoms with Crippen molar-refractivity contribution in [3.63, 3.8) is 0 Å². The monoisotopic (exact) mass is 334 g/mol. The molecule has 1 atom stereocenters. The highest BCUT2D eigenvalue weighted by atomic mass is 32.4. The largest absolute Gasteiger partial charge is 0.393 e. The highest BCUT2D eigenvalue weighted by Crippen LogP contribution is 2.50. The number of aliphatic hydroxyl groups is 2. The van der Waals surface area contributed by atoms with Gasteiger partial charge in [0.2, 0.25) is 0 Å². The van der Waals surface area contributed by atoms with E-state index < -0.39 is 11.9 Å². The lowest BCUT2D eigenvalue weighted by molar-refractivity contribution is 0.155. The van der Waals surface area contributed by atoms with Crippen LogP contribution in [0.4, 0.5) is 0 Å². The molecule has 0 radical (unpaired) electrons. The molecule has 1 unspecified atom stereocenters. The summed E-state index contributed by atoms with van der Waals surface area (Å²) in [4.78, 5) is 0. The lowest BCUT2D eigenvalue weighted by Gasteiger charge is -2.26. The first-order valence-electron chi connectivity index (χ1n) is 7.58. The molecule has 0 aromatic heterocycles. The van der Waals surface area contributed by atoms with Gasteiger partial charge < -0.3 is 10.2 Å². The molecule has 0 spiro atoms. The van der Waals surface area contributed by atoms with Gasteiger partial charge in [-0.1, -0.05) is 72.5 Å². The first-order chi connectivity index (χ1) is 10.6. The third-order valence-electron chi connectivity index (χ3n) is 3.95. The Labute approximate surface area is 137 Å². The number of rotatable bonds is 8. The van der Waals surface area contributed by atoms with E-state index in [-0.39, 0.29) is 6.61 Å². The first-order valence-corrected chi connectivity index (χ1v) is 10.8. The molecule has 0 amide bonds. The molecule has 0 saturated carbocycles. The molecule has 0 saturated heterocycles. The van der Waals surface area contributed by atoms with E-state index in [2.05, 4.69) is 24.3 Å². The van der Waals surface area contributed by atoms with E-state index >= 15 is 0 Å². The number of aryl methyl sites for hydroxylation is 2. The number of benzene rings is 2. The fourth-order valence-corrected chi connectivity index (χ4v) is 5.62. The quantitative estimate of drug-likeness (QED) is 0.728. The van der Waals surface area contributed by atoms with Gasteiger partial charge in [0, 0.05) is 0 Å². The molecule has 0 fully saturated rings. The molecule has 2 aromatic rings. The highest BCUT2D eigenvalue weighted by Gasteiger charge is 2.25. The normalized spacial score (nSPS) is 13.0. The van der Waals surface area contributed by atoms with Crippen molar-refractivity contribution in [1.29, 1.82) is 0 Å². The summed E-state index contributed by atoms with van der Waals surface area (Å²) < 4.78 is 0. The van der Waals surface area contributed by atoms with E-state index in [1.807, 2.05) is 36.4 Å². The molecule has 2 N–H and O–H groups in total. The van der Waals surface area contributed by atoms with Crippen molar-refractivity contribution < 1.29 is 10.2 Å². The Kier molecular flexibility index (Phi) is 6.78. The van der Waals surface area contributed by atoms with Crippen LogP contribution in [0.1, 0.15) is 11.1 Å². The fraction of sp³-hybridized carbons (Fsp3) is 0.333. The average Bonchev–Trinajstić information content (AvgIpc) is 2.59. The van der Waals surface area contributed by atoms with Gasteiger partial charge in [-0.3, -0.25) is 0 Å². The van der Waals surface area contributed by atoms with Gasteiger partial charge in [-0.15, -0.1) is 0 Å². The van der Waals surface area contributed by atoms with E-state index in [0.29, 0.717) is 0 Å². The molecule has 0 aliphatic heterocycles. The van der Waals surface area contributed by atoms with E-state index in [0.717, 1.165) is 25.2 Å². The zero-order valence-corrected chi connectivity index (χ0v) is 14.3. The summed E-state index contributed by atoms with van der Waals surface area (Å²) in [6.45, 7) is -0.235. The van der Waals surface area contributed by atoms with Crippen LogP contribution in [0.2, 0.25) is 0 Å². The summed E-state index contributed by atoms with van der Waals surface area (Å²) >= 11 is 5.82. The topological polar surface area (TPSA) is 40.5 Å². The van der Waals surface area contributed by atoms with Gasteiger partial charge in [0.1, 0.15) is 5.85 Å². The van der Waals surface area contributed by atoms with Crippen LogP contribution in [-0.4, -0.2) is 35.0 Å². The van der Waals surface area contributed by atoms with Gasteiger partial charge in [0.25, 0.3) is 0 Å². The van der Waals surface area contributed by atoms with Gasteiger partial charge in [-0.25, -0.2) is 0 Å². The third-order valence-corrected chi connectivity index (χ3v) is 8.99. The smallest absolute Gasteiger partial charge is 0.105 e. The molecule has 2 nitrogen and oxygen atoms in total. The summed E-state index contributed by atoms with van der Waals surface area (Å²) in [6.07, 6.45) is 3.32. The minimum Gasteiger partial charge on any atom is -0.393 e. The van der Waals surface area contributed by atoms with Gasteiger partial charge in [-0.2, -0.15) is 0 Å². The van der Waals surface area contributed by atoms with Gasteiger partial charge in [-0.05, 0) is 42.3 Å². The summed E-state index contributed by atoms with van der Waals surface area (Å²) in [5.41, 5.74) is 2.48. The van der Waals surface area contributed by atoms with Crippen LogP contribution in [0, 0.1) is 0 Å². The SMILES string of the molecule is OCC(O)P(=S)(CCc1ccccc1)CCc1ccccc1. The standard InChI is InChI=1S/C18H23O2PS/c19-15-18(20)21(22,13-11-16-7-3-1-4-8-16)14-12-17-9-5-2-6-10-17/h1-10,18-20H,11-15H2. The predicted molar refractivity (Wildman–Crippen MR) is 97.4 cm³/mol. The zero-order chi connectivity index (χ0) is 15.8. The Bertz CT molecular complexity index is 553. The predicted octanol–water partition coefficient (Wildman–Crippen LogP) is 3.26. The Morgan fingerprint density at radius 2 is 1.23 bits per heavy atom. The first kappa shape index (κ1) is 17.4. The molecule has 0 bridgehead atoms. The van der Waals surface area contributed by atoms with Crippen LogP contribution >= 0.6 is 6.04 Å². The Balaban J connectivity index is 2.02. The van der Waals surface area contributed by atoms with Crippen LogP contribution in [0.3, 0.4) is 0 Å². The molecule has 0 aliphatic carbocycles. The maximum Gasteiger partial charge on any atom is 0.105 e. The summed E-state index contributed by atoms with van der Waals surface area (Å²) in [5, 5.41) is 19.6. The maximum absolute atomic E-state index is 10.2. The third kappa shape index (κ3) is 5.03. The number of hydrogen-bond donors (Lipinski definition) is 2. The van der Waals surface area contributed by atoms with Crippen LogP contribution < -0.4 is 0 Å². The van der Waals surface area contributed by atoms with E-state index in [9.17, 15) is 10.2 Å². The zero-order valence-electron chi connectivity index (χ0n) is 12.6. The summed E-state index contributed by atoms with van der Waals surface area (Å²) in [5.74, 6) is -0.755. The van der Waals surface area contributed by atoms with Crippen LogP contribution in [0.25, 0.3) is 0 Å². The van der Waals surface area contributed by atoms with Crippen LogP contribution in [-0.2, 0) is 24.6 Å². The van der Waals surface area contributed by atoms with Crippen molar-refractivity contribution in [2.45, 2.75) is 18.7 Å². The number of aliphatic hydroxyl groups excluding tert-OH is 2. The minimum absolute atomic E-state index is 0.235. The summed E-state index contributed by atoms with van der Waals surface area (Å²) in [7, 11) is 0. The van der Waals surface area contributed by atoms with Crippen molar-refractivity contribution in [3.05, 3.63) is 71.8 Å². The summed E-state index contributed by atoms with van der Waals surface area (Å²) in [6, 6.07) is 18.4. The lowest BCUT2D eigenvalue weighted by atomic mass is 10.2. The molecule has 0 aliphatic rings. The Morgan fingerprint density at radius 3 is 1.59 bits per heavy atom. The van der Waals surface area contributed by atoms with Crippen LogP contribution in [0.5, 0.6) is 0 Å². The Hall–Kier alpha value is -0.990. The Morgan fingerprint density at radius 1 is 0.818 bits per heavy atom. The van der Waals surface area contributed by atoms with Crippen molar-refractivity contribution in [2.75, 3.05) is 18.9 Å². The average molecular weight is 334 g/mol. The molecule has 0 heterocycles. The number of hydrogen-bond acceptors (Lipinski definition) is 3. The van der Waals surface area contributed by atoms with Crippen molar-refractivity contribution in [1.82, 2.24) is 0 Å². The van der Waals surface area contributed by atoms with E-state index in [1.54, 1.807) is 0 Å². The molecule has 4 heteroatoms. The van der Waals surface area contributed by atoms with Crippen molar-refractivity contribution in [3.8, 4) is 0 Å². The van der Waals surface area contributed by atoms with Crippen molar-refractivity contribution >= 4 is 17.8 Å². The van der Waals surface area contributed by atoms with Gasteiger partial charge >= 0.3 is 0 Å². The highest BCUT2D eigenvalue weighted by molar-refractivity contribution is 8.14. The maximum atomic E-state index is 10.2. The molecule has 22 heavy (non-hydrogen) atoms. The van der Waals surface area contributed by atoms with E-state index in [4.69, 9.17) is 11.8 Å². The molecule has 2 rings (SSSR count). The minimum atomic E-state index is -2.00. The van der Waals surface area contributed by atoms with Gasteiger partial charge in [0.15, 0.2) is 0 Å². The molecule has 2 aromatic carbocycles. The lowest BCUT2D eigenvalue weighted by Crippen LogP contribution is -2.18. The molecular weight excluding hydrogens is 311 g/mol. The molecule has 118 valence electrons. The second kappa shape index (κ2) is 8.59. The molecular formula is C18H23O2PS. The second-order valence-electron chi connectivity index (χ2n) is 5.53. The van der Waals surface area contributed by atoms with Gasteiger partial charge in [0.05, 0.1) is 6.61 Å². The van der Waals surface area contributed by atoms with Crippen LogP contribution in [0.15, 0.2) is 60.7 Å². The second-order valence-corrected chi connectivity index (χ2v) is 11.1. The van der Waals surface area contributed by atoms with Crippen molar-refractivity contribution in [2.24, 2.45) is 0 Å².